The minimum atomic E-state index is -2.79. The number of thiophene rings is 1. The average Bonchev–Trinajstić information content (AvgIpc) is 2.89. The molecular weight excluding hydrogens is 268 g/mol. The molecule has 0 saturated heterocycles. The highest BCUT2D eigenvalue weighted by atomic mass is 32.1. The molecule has 19 heavy (non-hydrogen) atoms. The summed E-state index contributed by atoms with van der Waals surface area (Å²) in [5.74, 6) is 0.157. The Morgan fingerprint density at radius 3 is 2.47 bits per heavy atom. The average molecular weight is 283 g/mol. The molecule has 0 spiro atoms. The SMILES string of the molecule is NC(CCc1cccs1)c1ccc(OC(F)F)cc1. The minimum absolute atomic E-state index is 0.0947. The number of nitrogens with two attached hydrogens (primary N) is 1. The number of rotatable bonds is 6. The molecule has 2 N–H and O–H groups in total. The Labute approximate surface area is 114 Å². The van der Waals surface area contributed by atoms with Crippen molar-refractivity contribution in [1.82, 2.24) is 0 Å². The lowest BCUT2D eigenvalue weighted by molar-refractivity contribution is -0.0498. The zero-order valence-corrected chi connectivity index (χ0v) is 11.1. The Bertz CT molecular complexity index is 485. The van der Waals surface area contributed by atoms with Gasteiger partial charge in [-0.2, -0.15) is 8.78 Å². The van der Waals surface area contributed by atoms with Gasteiger partial charge in [0.25, 0.3) is 0 Å². The number of halogens is 2. The molecule has 1 aromatic heterocycles. The smallest absolute Gasteiger partial charge is 0.387 e. The van der Waals surface area contributed by atoms with E-state index in [-0.39, 0.29) is 11.8 Å². The summed E-state index contributed by atoms with van der Waals surface area (Å²) >= 11 is 1.71. The van der Waals surface area contributed by atoms with Gasteiger partial charge < -0.3 is 10.5 Å². The van der Waals surface area contributed by atoms with Crippen LogP contribution in [0.2, 0.25) is 0 Å². The van der Waals surface area contributed by atoms with Crippen LogP contribution in [0.15, 0.2) is 41.8 Å². The molecule has 2 rings (SSSR count). The van der Waals surface area contributed by atoms with Crippen molar-refractivity contribution in [2.45, 2.75) is 25.5 Å². The van der Waals surface area contributed by atoms with E-state index in [0.29, 0.717) is 0 Å². The van der Waals surface area contributed by atoms with E-state index in [4.69, 9.17) is 5.73 Å². The molecule has 5 heteroatoms. The molecule has 0 saturated carbocycles. The van der Waals surface area contributed by atoms with E-state index in [2.05, 4.69) is 10.8 Å². The highest BCUT2D eigenvalue weighted by molar-refractivity contribution is 7.09. The zero-order chi connectivity index (χ0) is 13.7. The molecular formula is C14H15F2NOS. The predicted octanol–water partition coefficient (Wildman–Crippen LogP) is 3.98. The summed E-state index contributed by atoms with van der Waals surface area (Å²) < 4.78 is 28.3. The summed E-state index contributed by atoms with van der Waals surface area (Å²) in [6.07, 6.45) is 1.75. The first-order valence-corrected chi connectivity index (χ1v) is 6.86. The molecule has 0 bridgehead atoms. The van der Waals surface area contributed by atoms with Crippen molar-refractivity contribution in [2.75, 3.05) is 0 Å². The number of hydrogen-bond donors (Lipinski definition) is 1. The molecule has 1 aromatic carbocycles. The van der Waals surface area contributed by atoms with Gasteiger partial charge in [-0.15, -0.1) is 11.3 Å². The first kappa shape index (κ1) is 14.0. The molecule has 1 unspecified atom stereocenters. The topological polar surface area (TPSA) is 35.2 Å². The number of benzene rings is 1. The number of alkyl halides is 2. The van der Waals surface area contributed by atoms with Gasteiger partial charge in [-0.25, -0.2) is 0 Å². The van der Waals surface area contributed by atoms with Gasteiger partial charge in [-0.1, -0.05) is 18.2 Å². The molecule has 0 fully saturated rings. The minimum Gasteiger partial charge on any atom is -0.435 e. The van der Waals surface area contributed by atoms with E-state index in [1.807, 2.05) is 11.4 Å². The number of ether oxygens (including phenoxy) is 1. The van der Waals surface area contributed by atoms with Crippen molar-refractivity contribution >= 4 is 11.3 Å². The van der Waals surface area contributed by atoms with Crippen LogP contribution in [0.3, 0.4) is 0 Å². The lowest BCUT2D eigenvalue weighted by Gasteiger charge is -2.12. The number of hydrogen-bond acceptors (Lipinski definition) is 3. The van der Waals surface area contributed by atoms with Crippen LogP contribution in [-0.2, 0) is 6.42 Å². The van der Waals surface area contributed by atoms with Crippen molar-refractivity contribution in [3.63, 3.8) is 0 Å². The normalized spacial score (nSPS) is 12.6. The van der Waals surface area contributed by atoms with Gasteiger partial charge in [0.2, 0.25) is 0 Å². The molecule has 2 nitrogen and oxygen atoms in total. The Morgan fingerprint density at radius 2 is 1.89 bits per heavy atom. The van der Waals surface area contributed by atoms with Gasteiger partial charge in [0.1, 0.15) is 5.75 Å². The molecule has 102 valence electrons. The summed E-state index contributed by atoms with van der Waals surface area (Å²) in [4.78, 5) is 1.30. The summed E-state index contributed by atoms with van der Waals surface area (Å²) in [7, 11) is 0. The number of aryl methyl sites for hydroxylation is 1. The van der Waals surface area contributed by atoms with Gasteiger partial charge in [0.05, 0.1) is 0 Å². The zero-order valence-electron chi connectivity index (χ0n) is 10.3. The first-order valence-electron chi connectivity index (χ1n) is 5.98. The highest BCUT2D eigenvalue weighted by Gasteiger charge is 2.08. The molecule has 1 heterocycles. The lowest BCUT2D eigenvalue weighted by Crippen LogP contribution is -2.11. The van der Waals surface area contributed by atoms with Crippen LogP contribution in [-0.4, -0.2) is 6.61 Å². The summed E-state index contributed by atoms with van der Waals surface area (Å²) in [5.41, 5.74) is 7.01. The maximum Gasteiger partial charge on any atom is 0.387 e. The summed E-state index contributed by atoms with van der Waals surface area (Å²) in [5, 5.41) is 2.04. The van der Waals surface area contributed by atoms with E-state index in [0.717, 1.165) is 18.4 Å². The van der Waals surface area contributed by atoms with Crippen molar-refractivity contribution in [2.24, 2.45) is 5.73 Å². The van der Waals surface area contributed by atoms with Gasteiger partial charge in [-0.05, 0) is 42.0 Å². The highest BCUT2D eigenvalue weighted by Crippen LogP contribution is 2.22. The van der Waals surface area contributed by atoms with Crippen LogP contribution in [0.5, 0.6) is 5.75 Å². The van der Waals surface area contributed by atoms with E-state index < -0.39 is 6.61 Å². The standard InChI is InChI=1S/C14H15F2NOS/c15-14(16)18-11-5-3-10(4-6-11)13(17)8-7-12-2-1-9-19-12/h1-6,9,13-14H,7-8,17H2. The van der Waals surface area contributed by atoms with E-state index in [1.165, 1.54) is 17.0 Å². The van der Waals surface area contributed by atoms with Crippen molar-refractivity contribution in [1.29, 1.82) is 0 Å². The molecule has 0 aliphatic carbocycles. The van der Waals surface area contributed by atoms with Crippen LogP contribution in [0.25, 0.3) is 0 Å². The van der Waals surface area contributed by atoms with Crippen LogP contribution in [0.4, 0.5) is 8.78 Å². The fourth-order valence-corrected chi connectivity index (χ4v) is 2.54. The quantitative estimate of drug-likeness (QED) is 0.870. The second kappa shape index (κ2) is 6.63. The van der Waals surface area contributed by atoms with Crippen molar-refractivity contribution in [3.05, 3.63) is 52.2 Å². The van der Waals surface area contributed by atoms with Gasteiger partial charge in [0, 0.05) is 10.9 Å². The third kappa shape index (κ3) is 4.29. The summed E-state index contributed by atoms with van der Waals surface area (Å²) in [6.45, 7) is -2.79. The molecule has 2 aromatic rings. The lowest BCUT2D eigenvalue weighted by atomic mass is 10.0. The third-order valence-electron chi connectivity index (χ3n) is 2.82. The fraction of sp³-hybridized carbons (Fsp3) is 0.286. The van der Waals surface area contributed by atoms with Crippen molar-refractivity contribution < 1.29 is 13.5 Å². The maximum atomic E-state index is 12.0. The van der Waals surface area contributed by atoms with E-state index in [1.54, 1.807) is 23.5 Å². The van der Waals surface area contributed by atoms with E-state index >= 15 is 0 Å². The first-order chi connectivity index (χ1) is 9.15. The Kier molecular flexibility index (Phi) is 4.87. The largest absolute Gasteiger partial charge is 0.435 e. The maximum absolute atomic E-state index is 12.0. The molecule has 0 aliphatic heterocycles. The monoisotopic (exact) mass is 283 g/mol. The van der Waals surface area contributed by atoms with Gasteiger partial charge in [0.15, 0.2) is 0 Å². The second-order valence-corrected chi connectivity index (χ2v) is 5.20. The second-order valence-electron chi connectivity index (χ2n) is 4.17. The third-order valence-corrected chi connectivity index (χ3v) is 3.75. The van der Waals surface area contributed by atoms with Crippen LogP contribution < -0.4 is 10.5 Å². The van der Waals surface area contributed by atoms with Crippen LogP contribution in [0, 0.1) is 0 Å². The molecule has 1 atom stereocenters. The fourth-order valence-electron chi connectivity index (χ4n) is 1.82. The Morgan fingerprint density at radius 1 is 1.16 bits per heavy atom. The van der Waals surface area contributed by atoms with Gasteiger partial charge >= 0.3 is 6.61 Å². The summed E-state index contributed by atoms with van der Waals surface area (Å²) in [6, 6.07) is 10.5. The van der Waals surface area contributed by atoms with Gasteiger partial charge in [-0.3, -0.25) is 0 Å². The molecule has 0 aliphatic rings. The van der Waals surface area contributed by atoms with E-state index in [9.17, 15) is 8.78 Å². The molecule has 0 radical (unpaired) electrons. The Balaban J connectivity index is 1.90. The predicted molar refractivity (Wildman–Crippen MR) is 72.6 cm³/mol. The molecule has 0 amide bonds. The van der Waals surface area contributed by atoms with Crippen LogP contribution in [0.1, 0.15) is 22.9 Å². The van der Waals surface area contributed by atoms with Crippen molar-refractivity contribution in [3.8, 4) is 5.75 Å². The Hall–Kier alpha value is -1.46. The van der Waals surface area contributed by atoms with Crippen LogP contribution >= 0.6 is 11.3 Å².